The number of rotatable bonds is 12. The Labute approximate surface area is 683 Å². The van der Waals surface area contributed by atoms with Gasteiger partial charge in [0.1, 0.15) is 0 Å². The van der Waals surface area contributed by atoms with Crippen molar-refractivity contribution in [1.29, 1.82) is 0 Å². The van der Waals surface area contributed by atoms with E-state index in [2.05, 4.69) is 72.8 Å². The van der Waals surface area contributed by atoms with Crippen LogP contribution in [0.5, 0.6) is 0 Å². The van der Waals surface area contributed by atoms with Crippen molar-refractivity contribution in [1.82, 2.24) is 29.9 Å². The largest absolute Gasteiger partial charge is 0.478 e. The van der Waals surface area contributed by atoms with Crippen molar-refractivity contribution in [2.45, 2.75) is 0 Å². The van der Waals surface area contributed by atoms with Gasteiger partial charge in [0.05, 0.1) is 66.5 Å². The molecule has 18 heteroatoms. The Morgan fingerprint density at radius 2 is 0.308 bits per heavy atom. The van der Waals surface area contributed by atoms with E-state index in [9.17, 15) is 59.4 Å². The van der Waals surface area contributed by atoms with Gasteiger partial charge in [-0.1, -0.05) is 146 Å². The second kappa shape index (κ2) is 33.4. The number of nitrogens with zero attached hydrogens (tertiary/aromatic N) is 6. The number of benzene rings is 9. The Balaban J connectivity index is 0.891. The first kappa shape index (κ1) is 76.1. The van der Waals surface area contributed by atoms with E-state index in [-0.39, 0.29) is 33.4 Å². The Morgan fingerprint density at radius 1 is 0.175 bits per heavy atom. The Morgan fingerprint density at radius 3 is 0.417 bits per heavy atom. The fraction of sp³-hybridized carbons (Fsp3) is 0. The molecule has 0 atom stereocenters. The molecule has 12 heterocycles. The van der Waals surface area contributed by atoms with Gasteiger partial charge in [0.15, 0.2) is 0 Å². The van der Waals surface area contributed by atoms with E-state index in [4.69, 9.17) is 29.9 Å². The molecule has 18 nitrogen and oxygen atoms in total. The molecule has 0 aliphatic rings. The number of aromatic carboxylic acids is 6. The highest BCUT2D eigenvalue weighted by Crippen LogP contribution is 2.39. The normalized spacial score (nSPS) is 10.5. The zero-order valence-electron chi connectivity index (χ0n) is 62.5. The average Bonchev–Trinajstić information content (AvgIpc) is 0.786. The number of carboxylic acid groups (broad SMARTS) is 6. The maximum absolute atomic E-state index is 12.1. The Kier molecular flexibility index (Phi) is 21.2. The number of carboxylic acids is 6. The van der Waals surface area contributed by atoms with E-state index in [0.29, 0.717) is 164 Å². The maximum atomic E-state index is 12.1. The molecule has 120 heavy (non-hydrogen) atoms. The minimum Gasteiger partial charge on any atom is -0.478 e. The van der Waals surface area contributed by atoms with Crippen LogP contribution in [0.25, 0.3) is 164 Å². The van der Waals surface area contributed by atoms with Crippen molar-refractivity contribution in [2.75, 3.05) is 0 Å². The third-order valence-corrected chi connectivity index (χ3v) is 19.5. The minimum absolute atomic E-state index is 0.0782. The fourth-order valence-electron chi connectivity index (χ4n) is 13.2. The monoisotopic (exact) mass is 1550 g/mol. The lowest BCUT2D eigenvalue weighted by atomic mass is 9.91. The SMILES string of the molecule is O=C(O)c1ccc(-c2cc3c#cc4ccc(nc4)c4ccc(c#cc5cc(-c6ccc(C(=O)O)cc6)c(-c6ccc(C(=O)O)cc6)cc5c#cc5ccc(nc5)c5ccc(c#cc6cc(-c7ccc(C(=O)O)cc7)c(-c7ccc(C(=O)O)cc7)cc6c#cc6ccc(nc6)c6ccc(c#cc3cc2-c2ccc(C(=O)O)cc2)cn6)cn5)cn4)cc1. The first-order valence-corrected chi connectivity index (χ1v) is 36.8. The number of carbonyl (C=O) groups is 6. The molecular formula is C102H54N6O12. The molecule has 0 unspecified atom stereocenters. The highest BCUT2D eigenvalue weighted by molar-refractivity contribution is 6.01. The van der Waals surface area contributed by atoms with E-state index >= 15 is 0 Å². The molecule has 10 aromatic carbocycles. The van der Waals surface area contributed by atoms with Gasteiger partial charge >= 0.3 is 35.8 Å². The van der Waals surface area contributed by atoms with Gasteiger partial charge in [-0.2, -0.15) is 0 Å². The van der Waals surface area contributed by atoms with Crippen LogP contribution in [0.2, 0.25) is 0 Å². The molecule has 0 radical (unpaired) electrons. The molecule has 0 aliphatic carbocycles. The predicted octanol–water partition coefficient (Wildman–Crippen LogP) is 21.0. The van der Waals surface area contributed by atoms with E-state index in [0.717, 1.165) is 0 Å². The summed E-state index contributed by atoms with van der Waals surface area (Å²) in [6, 6.07) is 111. The third kappa shape index (κ3) is 17.0. The molecule has 0 aliphatic heterocycles. The lowest BCUT2D eigenvalue weighted by Crippen LogP contribution is -1.96. The van der Waals surface area contributed by atoms with Gasteiger partial charge in [-0.25, -0.2) is 28.8 Å². The van der Waals surface area contributed by atoms with Gasteiger partial charge in [-0.05, 0) is 249 Å². The molecule has 0 saturated heterocycles. The molecule has 12 bridgehead atoms. The zero-order chi connectivity index (χ0) is 82.9. The topological polar surface area (TPSA) is 301 Å². The summed E-state index contributed by atoms with van der Waals surface area (Å²) in [6.45, 7) is 0. The quantitative estimate of drug-likeness (QED) is 0.0662. The molecule has 22 rings (SSSR count). The van der Waals surface area contributed by atoms with Crippen LogP contribution in [0, 0.1) is 72.8 Å². The predicted molar refractivity (Wildman–Crippen MR) is 457 cm³/mol. The van der Waals surface area contributed by atoms with Crippen LogP contribution < -0.4 is 0 Å². The standard InChI is InChI=1S/C102H54N6O12/c109-97(110)73-31-19-67(20-32-73)85-49-79-13-1-61-7-43-91(103-55-61)92-44-8-63(57-104-92)3-15-81-51-87(69-23-35-75(36-24-69)99(113)114)88(70-25-37-76(38-26-70)100(115)116)52-82(81)16-4-65-11-47-95(107-59-65)96-48-12-66(60-108-96)6-18-84-54-90(72-29-41-78(42-30-72)102(119)120)89(71-27-39-77(40-28-71)101(117)118)53-83(84)17-5-64-10-46-94(106-58-64)93-45-9-62(56-105-93)2-14-80(79)50-86(85)68-21-33-74(34-22-68)98(111)112/h7-12,19-60H,(H,109,110)(H,111,112)(H,113,114)(H,115,116)(H,117,118)(H,119,120). The molecule has 12 aromatic heterocycles. The van der Waals surface area contributed by atoms with Gasteiger partial charge in [0.2, 0.25) is 0 Å². The van der Waals surface area contributed by atoms with Crippen molar-refractivity contribution in [3.8, 4) is 66.8 Å². The van der Waals surface area contributed by atoms with Crippen LogP contribution in [0.3, 0.4) is 0 Å². The van der Waals surface area contributed by atoms with Gasteiger partial charge in [0, 0.05) is 102 Å². The van der Waals surface area contributed by atoms with Gasteiger partial charge in [0.25, 0.3) is 0 Å². The average molecular weight is 1560 g/mol. The highest BCUT2D eigenvalue weighted by Gasteiger charge is 2.18. The molecule has 0 fully saturated rings. The third-order valence-electron chi connectivity index (χ3n) is 19.5. The maximum Gasteiger partial charge on any atom is 0.335 e. The Bertz CT molecular complexity index is 6140. The summed E-state index contributed by atoms with van der Waals surface area (Å²) in [5.41, 5.74) is 11.5. The fourth-order valence-corrected chi connectivity index (χ4v) is 13.2. The van der Waals surface area contributed by atoms with Crippen LogP contribution in [-0.2, 0) is 0 Å². The lowest BCUT2D eigenvalue weighted by molar-refractivity contribution is 0.0686. The first-order valence-electron chi connectivity index (χ1n) is 36.8. The number of hydrogen-bond donors (Lipinski definition) is 6. The van der Waals surface area contributed by atoms with E-state index < -0.39 is 35.8 Å². The van der Waals surface area contributed by atoms with E-state index in [1.165, 1.54) is 72.8 Å². The van der Waals surface area contributed by atoms with Crippen LogP contribution in [0.1, 0.15) is 62.1 Å². The summed E-state index contributed by atoms with van der Waals surface area (Å²) in [5, 5.41) is 65.5. The summed E-state index contributed by atoms with van der Waals surface area (Å²) in [4.78, 5) is 101. The van der Waals surface area contributed by atoms with Crippen molar-refractivity contribution >= 4 is 134 Å². The van der Waals surface area contributed by atoms with Crippen LogP contribution in [0.4, 0.5) is 0 Å². The first-order chi connectivity index (χ1) is 58.3. The molecule has 0 saturated carbocycles. The summed E-state index contributed by atoms with van der Waals surface area (Å²) < 4.78 is 0. The summed E-state index contributed by atoms with van der Waals surface area (Å²) in [5.74, 6) is -6.61. The zero-order valence-corrected chi connectivity index (χ0v) is 62.5. The second-order valence-corrected chi connectivity index (χ2v) is 27.2. The second-order valence-electron chi connectivity index (χ2n) is 27.2. The summed E-state index contributed by atoms with van der Waals surface area (Å²) in [6.07, 6.45) is 9.75. The van der Waals surface area contributed by atoms with Crippen LogP contribution in [-0.4, -0.2) is 96.4 Å². The summed E-state index contributed by atoms with van der Waals surface area (Å²) in [7, 11) is 0. The van der Waals surface area contributed by atoms with Gasteiger partial charge in [-0.15, -0.1) is 0 Å². The minimum atomic E-state index is -1.10. The molecule has 0 amide bonds. The van der Waals surface area contributed by atoms with Crippen molar-refractivity contribution < 1.29 is 59.4 Å². The smallest absolute Gasteiger partial charge is 0.335 e. The highest BCUT2D eigenvalue weighted by atomic mass is 16.4. The molecule has 0 spiro atoms. The molecule has 564 valence electrons. The van der Waals surface area contributed by atoms with Crippen molar-refractivity contribution in [3.63, 3.8) is 0 Å². The van der Waals surface area contributed by atoms with Crippen LogP contribution >= 0.6 is 0 Å². The number of hydrogen-bond acceptors (Lipinski definition) is 12. The number of pyridine rings is 6. The molecular weight excluding hydrogens is 1500 g/mol. The number of aromatic nitrogens is 6. The lowest BCUT2D eigenvalue weighted by Gasteiger charge is -2.12. The van der Waals surface area contributed by atoms with E-state index in [1.807, 2.05) is 72.8 Å². The number of fused-ring (bicyclic) bond motifs is 6. The van der Waals surface area contributed by atoms with Crippen LogP contribution in [0.15, 0.2) is 292 Å². The van der Waals surface area contributed by atoms with Gasteiger partial charge < -0.3 is 30.6 Å². The molecule has 6 N–H and O–H groups in total. The Hall–Kier alpha value is -17.9. The van der Waals surface area contributed by atoms with Crippen molar-refractivity contribution in [3.05, 3.63) is 398 Å². The van der Waals surface area contributed by atoms with Crippen molar-refractivity contribution in [2.24, 2.45) is 0 Å². The van der Waals surface area contributed by atoms with E-state index in [1.54, 1.807) is 146 Å². The molecule has 22 aromatic rings. The van der Waals surface area contributed by atoms with Gasteiger partial charge in [-0.3, -0.25) is 29.9 Å². The summed E-state index contributed by atoms with van der Waals surface area (Å²) >= 11 is 0.